The van der Waals surface area contributed by atoms with E-state index in [0.29, 0.717) is 28.8 Å². The summed E-state index contributed by atoms with van der Waals surface area (Å²) in [5.74, 6) is 0.561. The van der Waals surface area contributed by atoms with Gasteiger partial charge in [0.15, 0.2) is 0 Å². The van der Waals surface area contributed by atoms with Crippen LogP contribution < -0.4 is 10.1 Å². The lowest BCUT2D eigenvalue weighted by atomic mass is 10.2. The second-order valence-electron chi connectivity index (χ2n) is 6.14. The topological polar surface area (TPSA) is 56.1 Å². The SMILES string of the molecule is Cc1ccc(Cl)c(OCc2csc(C(=O)NC(C)Cn3cccn3)c2)c1. The number of rotatable bonds is 7. The van der Waals surface area contributed by atoms with E-state index in [1.807, 2.05) is 55.8 Å². The molecule has 7 heteroatoms. The molecule has 0 bridgehead atoms. The van der Waals surface area contributed by atoms with Crippen LogP contribution in [0.3, 0.4) is 0 Å². The maximum Gasteiger partial charge on any atom is 0.261 e. The van der Waals surface area contributed by atoms with Crippen LogP contribution in [0.2, 0.25) is 5.02 Å². The first-order valence-electron chi connectivity index (χ1n) is 8.26. The summed E-state index contributed by atoms with van der Waals surface area (Å²) in [6.07, 6.45) is 3.60. The minimum absolute atomic E-state index is 0.0182. The van der Waals surface area contributed by atoms with E-state index in [4.69, 9.17) is 16.3 Å². The molecule has 0 aliphatic carbocycles. The van der Waals surface area contributed by atoms with Gasteiger partial charge in [0.05, 0.1) is 16.4 Å². The van der Waals surface area contributed by atoms with Crippen LogP contribution in [-0.2, 0) is 13.2 Å². The number of hydrogen-bond donors (Lipinski definition) is 1. The summed E-state index contributed by atoms with van der Waals surface area (Å²) in [6, 6.07) is 9.35. The smallest absolute Gasteiger partial charge is 0.261 e. The summed E-state index contributed by atoms with van der Waals surface area (Å²) >= 11 is 7.54. The van der Waals surface area contributed by atoms with Gasteiger partial charge in [0.25, 0.3) is 5.91 Å². The van der Waals surface area contributed by atoms with Gasteiger partial charge in [-0.3, -0.25) is 9.48 Å². The van der Waals surface area contributed by atoms with Gasteiger partial charge in [-0.25, -0.2) is 0 Å². The van der Waals surface area contributed by atoms with Crippen LogP contribution in [0.4, 0.5) is 0 Å². The Balaban J connectivity index is 1.55. The van der Waals surface area contributed by atoms with Gasteiger partial charge in [0.1, 0.15) is 12.4 Å². The quantitative estimate of drug-likeness (QED) is 0.655. The Hall–Kier alpha value is -2.31. The number of nitrogens with zero attached hydrogens (tertiary/aromatic N) is 2. The van der Waals surface area contributed by atoms with E-state index in [1.165, 1.54) is 11.3 Å². The molecule has 0 aliphatic heterocycles. The van der Waals surface area contributed by atoms with Crippen molar-refractivity contribution >= 4 is 28.8 Å². The normalized spacial score (nSPS) is 12.0. The number of nitrogens with one attached hydrogen (secondary N) is 1. The molecule has 1 amide bonds. The molecule has 0 fully saturated rings. The van der Waals surface area contributed by atoms with Crippen LogP contribution in [0, 0.1) is 6.92 Å². The van der Waals surface area contributed by atoms with E-state index in [0.717, 1.165) is 11.1 Å². The second-order valence-corrected chi connectivity index (χ2v) is 7.46. The number of halogens is 1. The van der Waals surface area contributed by atoms with Crippen LogP contribution in [0.15, 0.2) is 48.1 Å². The van der Waals surface area contributed by atoms with Gasteiger partial charge < -0.3 is 10.1 Å². The Kier molecular flexibility index (Phi) is 5.96. The molecular formula is C19H20ClN3O2S. The predicted molar refractivity (Wildman–Crippen MR) is 104 cm³/mol. The molecule has 5 nitrogen and oxygen atoms in total. The van der Waals surface area contributed by atoms with Crippen molar-refractivity contribution < 1.29 is 9.53 Å². The van der Waals surface area contributed by atoms with Gasteiger partial charge in [0, 0.05) is 24.0 Å². The third-order valence-electron chi connectivity index (χ3n) is 3.76. The molecular weight excluding hydrogens is 370 g/mol. The van der Waals surface area contributed by atoms with E-state index in [9.17, 15) is 4.79 Å². The fourth-order valence-corrected chi connectivity index (χ4v) is 3.45. The number of aryl methyl sites for hydroxylation is 1. The lowest BCUT2D eigenvalue weighted by Gasteiger charge is -2.13. The molecule has 1 atom stereocenters. The second kappa shape index (κ2) is 8.38. The molecule has 2 aromatic heterocycles. The van der Waals surface area contributed by atoms with Crippen LogP contribution in [0.1, 0.15) is 27.7 Å². The maximum absolute atomic E-state index is 12.4. The molecule has 1 aromatic carbocycles. The summed E-state index contributed by atoms with van der Waals surface area (Å²) in [7, 11) is 0. The molecule has 0 aliphatic rings. The number of thiophene rings is 1. The third kappa shape index (κ3) is 4.86. The number of amides is 1. The van der Waals surface area contributed by atoms with Crippen molar-refractivity contribution in [2.75, 3.05) is 0 Å². The van der Waals surface area contributed by atoms with E-state index in [2.05, 4.69) is 10.4 Å². The summed E-state index contributed by atoms with van der Waals surface area (Å²) in [6.45, 7) is 4.94. The van der Waals surface area contributed by atoms with E-state index >= 15 is 0 Å². The van der Waals surface area contributed by atoms with Crippen molar-refractivity contribution in [2.45, 2.75) is 33.0 Å². The number of benzene rings is 1. The molecule has 136 valence electrons. The lowest BCUT2D eigenvalue weighted by molar-refractivity contribution is 0.0940. The highest BCUT2D eigenvalue weighted by Crippen LogP contribution is 2.26. The van der Waals surface area contributed by atoms with Crippen LogP contribution in [0.5, 0.6) is 5.75 Å². The van der Waals surface area contributed by atoms with Gasteiger partial charge in [-0.15, -0.1) is 11.3 Å². The summed E-state index contributed by atoms with van der Waals surface area (Å²) in [5.41, 5.74) is 2.03. The Bertz CT molecular complexity index is 877. The molecule has 3 aromatic rings. The van der Waals surface area contributed by atoms with E-state index < -0.39 is 0 Å². The molecule has 0 saturated carbocycles. The molecule has 0 spiro atoms. The van der Waals surface area contributed by atoms with Gasteiger partial charge in [-0.05, 0) is 49.1 Å². The monoisotopic (exact) mass is 389 g/mol. The van der Waals surface area contributed by atoms with E-state index in [1.54, 1.807) is 10.9 Å². The number of carbonyl (C=O) groups is 1. The first-order valence-corrected chi connectivity index (χ1v) is 9.51. The minimum atomic E-state index is -0.0884. The molecule has 3 rings (SSSR count). The molecule has 26 heavy (non-hydrogen) atoms. The molecule has 1 N–H and O–H groups in total. The Morgan fingerprint density at radius 3 is 3.04 bits per heavy atom. The minimum Gasteiger partial charge on any atom is -0.487 e. The molecule has 0 radical (unpaired) electrons. The predicted octanol–water partition coefficient (Wildman–Crippen LogP) is 4.30. The number of carbonyl (C=O) groups excluding carboxylic acids is 1. The number of ether oxygens (including phenoxy) is 1. The Morgan fingerprint density at radius 2 is 2.27 bits per heavy atom. The summed E-state index contributed by atoms with van der Waals surface area (Å²) in [5, 5.41) is 9.64. The highest BCUT2D eigenvalue weighted by Gasteiger charge is 2.13. The average molecular weight is 390 g/mol. The zero-order chi connectivity index (χ0) is 18.5. The average Bonchev–Trinajstić information content (AvgIpc) is 3.27. The first-order chi connectivity index (χ1) is 12.5. The zero-order valence-corrected chi connectivity index (χ0v) is 16.2. The van der Waals surface area contributed by atoms with Gasteiger partial charge in [-0.1, -0.05) is 17.7 Å². The third-order valence-corrected chi connectivity index (χ3v) is 5.05. The number of aromatic nitrogens is 2. The Morgan fingerprint density at radius 1 is 1.42 bits per heavy atom. The maximum atomic E-state index is 12.4. The van der Waals surface area contributed by atoms with Crippen molar-refractivity contribution in [3.05, 3.63) is 69.1 Å². The van der Waals surface area contributed by atoms with Crippen molar-refractivity contribution in [1.29, 1.82) is 0 Å². The number of hydrogen-bond acceptors (Lipinski definition) is 4. The fraction of sp³-hybridized carbons (Fsp3) is 0.263. The standard InChI is InChI=1S/C19H20ClN3O2S/c1-13-4-5-16(20)17(8-13)25-11-15-9-18(26-12-15)19(24)22-14(2)10-23-7-3-6-21-23/h3-9,12,14H,10-11H2,1-2H3,(H,22,24). The highest BCUT2D eigenvalue weighted by molar-refractivity contribution is 7.12. The molecule has 1 unspecified atom stereocenters. The van der Waals surface area contributed by atoms with Gasteiger partial charge in [0.2, 0.25) is 0 Å². The van der Waals surface area contributed by atoms with Crippen molar-refractivity contribution in [3.8, 4) is 5.75 Å². The molecule has 2 heterocycles. The van der Waals surface area contributed by atoms with Crippen LogP contribution in [-0.4, -0.2) is 21.7 Å². The van der Waals surface area contributed by atoms with Crippen molar-refractivity contribution in [2.24, 2.45) is 0 Å². The van der Waals surface area contributed by atoms with E-state index in [-0.39, 0.29) is 11.9 Å². The largest absolute Gasteiger partial charge is 0.487 e. The Labute approximate surface area is 161 Å². The fourth-order valence-electron chi connectivity index (χ4n) is 2.48. The van der Waals surface area contributed by atoms with Crippen molar-refractivity contribution in [1.82, 2.24) is 15.1 Å². The van der Waals surface area contributed by atoms with Crippen molar-refractivity contribution in [3.63, 3.8) is 0 Å². The lowest BCUT2D eigenvalue weighted by Crippen LogP contribution is -2.35. The van der Waals surface area contributed by atoms with Gasteiger partial charge >= 0.3 is 0 Å². The molecule has 0 saturated heterocycles. The van der Waals surface area contributed by atoms with Crippen LogP contribution >= 0.6 is 22.9 Å². The summed E-state index contributed by atoms with van der Waals surface area (Å²) in [4.78, 5) is 13.0. The first kappa shape index (κ1) is 18.5. The zero-order valence-electron chi connectivity index (χ0n) is 14.6. The summed E-state index contributed by atoms with van der Waals surface area (Å²) < 4.78 is 7.58. The van der Waals surface area contributed by atoms with Gasteiger partial charge in [-0.2, -0.15) is 5.10 Å². The van der Waals surface area contributed by atoms with Crippen LogP contribution in [0.25, 0.3) is 0 Å². The highest BCUT2D eigenvalue weighted by atomic mass is 35.5.